The zero-order valence-corrected chi connectivity index (χ0v) is 13.1. The largest absolute Gasteiger partial charge is 3.00 e. The summed E-state index contributed by atoms with van der Waals surface area (Å²) in [5.41, 5.74) is 1.07. The topological polar surface area (TPSA) is 26.7 Å². The van der Waals surface area contributed by atoms with Crippen molar-refractivity contribution >= 4 is 5.69 Å². The Hall–Kier alpha value is -0.831. The first-order valence-corrected chi connectivity index (χ1v) is 5.61. The van der Waals surface area contributed by atoms with Crippen LogP contribution in [0.3, 0.4) is 0 Å². The summed E-state index contributed by atoms with van der Waals surface area (Å²) < 4.78 is 0. The van der Waals surface area contributed by atoms with Crippen molar-refractivity contribution in [2.45, 2.75) is 19.4 Å². The summed E-state index contributed by atoms with van der Waals surface area (Å²) in [5.74, 6) is 0. The van der Waals surface area contributed by atoms with Crippen LogP contribution in [0.2, 0.25) is 0 Å². The number of aliphatic hydroxyl groups is 1. The van der Waals surface area contributed by atoms with Crippen molar-refractivity contribution < 1.29 is 25.2 Å². The summed E-state index contributed by atoms with van der Waals surface area (Å²) in [6.45, 7) is 7.16. The van der Waals surface area contributed by atoms with E-state index in [-0.39, 0.29) is 26.2 Å². The summed E-state index contributed by atoms with van der Waals surface area (Å²) in [7, 11) is 2.00. The molecule has 0 bridgehead atoms. The molecule has 0 radical (unpaired) electrons. The number of hydrogen-bond acceptors (Lipinski definition) is 3. The van der Waals surface area contributed by atoms with E-state index in [9.17, 15) is 0 Å². The van der Waals surface area contributed by atoms with E-state index in [1.54, 1.807) is 6.92 Å². The number of para-hydroxylation sites is 1. The van der Waals surface area contributed by atoms with E-state index in [0.29, 0.717) is 6.42 Å². The van der Waals surface area contributed by atoms with Crippen LogP contribution in [-0.4, -0.2) is 23.2 Å². The maximum atomic E-state index is 8.30. The molecule has 1 aliphatic rings. The molecule has 0 amide bonds. The minimum Gasteiger partial charge on any atom is -0.510 e. The molecule has 1 atom stereocenters. The van der Waals surface area contributed by atoms with Crippen molar-refractivity contribution in [3.8, 4) is 0 Å². The molecule has 1 N–H and O–H groups in total. The molecular weight excluding hydrogens is 404 g/mol. The van der Waals surface area contributed by atoms with E-state index in [1.165, 1.54) is 0 Å². The summed E-state index contributed by atoms with van der Waals surface area (Å²) >= 11 is 0. The smallest absolute Gasteiger partial charge is 0.510 e. The second-order valence-corrected chi connectivity index (χ2v) is 3.87. The molecule has 0 fully saturated rings. The third kappa shape index (κ3) is 6.20. The van der Waals surface area contributed by atoms with Gasteiger partial charge in [0, 0.05) is 6.10 Å². The van der Waals surface area contributed by atoms with Crippen LogP contribution in [0.25, 0.3) is 0 Å². The van der Waals surface area contributed by atoms with Crippen LogP contribution in [0.1, 0.15) is 13.3 Å². The van der Waals surface area contributed by atoms with Gasteiger partial charge in [-0.2, -0.15) is 43.4 Å². The number of aliphatic hydroxyl groups excluding tert-OH is 1. The first-order chi connectivity index (χ1) is 8.13. The number of anilines is 1. The van der Waals surface area contributed by atoms with Gasteiger partial charge in [-0.3, -0.25) is 0 Å². The second kappa shape index (κ2) is 9.15. The van der Waals surface area contributed by atoms with Crippen molar-refractivity contribution in [1.82, 2.24) is 4.90 Å². The van der Waals surface area contributed by atoms with Gasteiger partial charge in [-0.15, -0.1) is 5.69 Å². The molecule has 3 nitrogen and oxygen atoms in total. The van der Waals surface area contributed by atoms with E-state index in [1.807, 2.05) is 60.2 Å². The van der Waals surface area contributed by atoms with Gasteiger partial charge in [-0.05, 0) is 26.4 Å². The molecule has 100 valence electrons. The molecule has 2 rings (SSSR count). The Morgan fingerprint density at radius 1 is 1.44 bits per heavy atom. The number of benzene rings is 1. The molecule has 0 aliphatic carbocycles. The Labute approximate surface area is 123 Å². The quantitative estimate of drug-likeness (QED) is 0.741. The van der Waals surface area contributed by atoms with E-state index in [2.05, 4.69) is 13.0 Å². The average Bonchev–Trinajstić information content (AvgIpc) is 2.78. The van der Waals surface area contributed by atoms with Gasteiger partial charge < -0.3 is 21.8 Å². The number of rotatable bonds is 2. The molecule has 1 heterocycles. The Bertz CT molecular complexity index is 341. The predicted molar refractivity (Wildman–Crippen MR) is 70.6 cm³/mol. The van der Waals surface area contributed by atoms with E-state index in [0.717, 1.165) is 5.69 Å². The van der Waals surface area contributed by atoms with E-state index < -0.39 is 0 Å². The summed E-state index contributed by atoms with van der Waals surface area (Å²) in [6, 6.07) is 11.1. The minimum atomic E-state index is -0.227. The molecule has 0 saturated carbocycles. The molecule has 0 aromatic heterocycles. The van der Waals surface area contributed by atoms with Gasteiger partial charge in [0.05, 0.1) is 0 Å². The fourth-order valence-corrected chi connectivity index (χ4v) is 1.14. The van der Waals surface area contributed by atoms with Crippen LogP contribution in [0.5, 0.6) is 0 Å². The Morgan fingerprint density at radius 3 is 2.50 bits per heavy atom. The molecule has 4 heteroatoms. The van der Waals surface area contributed by atoms with Gasteiger partial charge in [-0.1, -0.05) is 0 Å². The first-order valence-electron chi connectivity index (χ1n) is 5.61. The zero-order chi connectivity index (χ0) is 12.7. The monoisotopic (exact) mass is 424 g/mol. The number of hydrogen-bond donors (Lipinski definition) is 1. The van der Waals surface area contributed by atoms with Crippen LogP contribution >= 0.6 is 0 Å². The molecule has 1 aliphatic heterocycles. The molecule has 1 aromatic carbocycles. The maximum absolute atomic E-state index is 8.30. The predicted octanol–water partition coefficient (Wildman–Crippen LogP) is 2.42. The molecule has 0 spiro atoms. The Morgan fingerprint density at radius 2 is 2.11 bits per heavy atom. The third-order valence-electron chi connectivity index (χ3n) is 2.16. The van der Waals surface area contributed by atoms with Crippen molar-refractivity contribution in [3.05, 3.63) is 56.3 Å². The van der Waals surface area contributed by atoms with Crippen LogP contribution in [0.15, 0.2) is 36.7 Å². The summed E-state index contributed by atoms with van der Waals surface area (Å²) in [5, 5.41) is 8.30. The summed E-state index contributed by atoms with van der Waals surface area (Å²) in [4.78, 5) is 4.03. The SMILES string of the molecule is CN1C=CN(c2[c-]cccc2)[CH-]1.[CH2-]CC(C)O.[Ir+3]. The van der Waals surface area contributed by atoms with Crippen molar-refractivity contribution in [2.24, 2.45) is 0 Å². The number of nitrogens with zero attached hydrogens (tertiary/aromatic N) is 2. The maximum Gasteiger partial charge on any atom is 3.00 e. The van der Waals surface area contributed by atoms with Gasteiger partial charge in [0.2, 0.25) is 0 Å². The van der Waals surface area contributed by atoms with Crippen LogP contribution in [0.4, 0.5) is 5.69 Å². The van der Waals surface area contributed by atoms with Gasteiger partial charge in [0.25, 0.3) is 0 Å². The molecular formula is C14H19IrN2O. The van der Waals surface area contributed by atoms with Gasteiger partial charge >= 0.3 is 20.1 Å². The van der Waals surface area contributed by atoms with Gasteiger partial charge in [-0.25, -0.2) is 0 Å². The zero-order valence-electron chi connectivity index (χ0n) is 10.7. The fourth-order valence-electron chi connectivity index (χ4n) is 1.14. The van der Waals surface area contributed by atoms with Crippen molar-refractivity contribution in [2.75, 3.05) is 11.9 Å². The van der Waals surface area contributed by atoms with Crippen molar-refractivity contribution in [1.29, 1.82) is 0 Å². The molecule has 18 heavy (non-hydrogen) atoms. The van der Waals surface area contributed by atoms with Crippen molar-refractivity contribution in [3.63, 3.8) is 0 Å². The average molecular weight is 424 g/mol. The standard InChI is InChI=1S/C10H10N2.C4H9O.Ir/c1-11-7-8-12(9-11)10-5-3-2-4-6-10;1-3-4(2)5;/h2-5,7-9H,1H3;4-5H,1,3H2,2H3;/q-2;-1;+3. The van der Waals surface area contributed by atoms with Crippen LogP contribution in [-0.2, 0) is 20.1 Å². The van der Waals surface area contributed by atoms with E-state index >= 15 is 0 Å². The molecule has 1 unspecified atom stereocenters. The third-order valence-corrected chi connectivity index (χ3v) is 2.16. The molecule has 1 aromatic rings. The fraction of sp³-hybridized carbons (Fsp3) is 0.286. The second-order valence-electron chi connectivity index (χ2n) is 3.87. The Balaban J connectivity index is 0.000000421. The van der Waals surface area contributed by atoms with Crippen LogP contribution in [0, 0.1) is 19.7 Å². The first kappa shape index (κ1) is 17.2. The normalized spacial score (nSPS) is 14.7. The van der Waals surface area contributed by atoms with Gasteiger partial charge in [0.1, 0.15) is 0 Å². The molecule has 0 saturated heterocycles. The summed E-state index contributed by atoms with van der Waals surface area (Å²) in [6.07, 6.45) is 4.39. The van der Waals surface area contributed by atoms with E-state index in [4.69, 9.17) is 5.11 Å². The van der Waals surface area contributed by atoms with Gasteiger partial charge in [0.15, 0.2) is 0 Å². The minimum absolute atomic E-state index is 0. The Kier molecular flexibility index (Phi) is 8.72. The van der Waals surface area contributed by atoms with Crippen LogP contribution < -0.4 is 4.90 Å².